The Labute approximate surface area is 167 Å². The molecule has 3 amide bonds. The molecule has 0 spiro atoms. The predicted octanol–water partition coefficient (Wildman–Crippen LogP) is 2.86. The molecule has 0 radical (unpaired) electrons. The number of aryl methyl sites for hydroxylation is 1. The summed E-state index contributed by atoms with van der Waals surface area (Å²) in [5.41, 5.74) is 4.32. The smallest absolute Gasteiger partial charge is 0.261 e. The van der Waals surface area contributed by atoms with E-state index in [1.54, 1.807) is 30.5 Å². The van der Waals surface area contributed by atoms with Crippen molar-refractivity contribution in [3.05, 3.63) is 77.0 Å². The van der Waals surface area contributed by atoms with E-state index < -0.39 is 0 Å². The minimum atomic E-state index is -0.374. The Morgan fingerprint density at radius 2 is 1.83 bits per heavy atom. The molecule has 1 aliphatic rings. The summed E-state index contributed by atoms with van der Waals surface area (Å²) in [5.74, 6) is -0.976. The first kappa shape index (κ1) is 18.5. The molecule has 0 unspecified atom stereocenters. The number of fused-ring (bicyclic) bond motifs is 1. The molecular weight excluding hydrogens is 368 g/mol. The van der Waals surface area contributed by atoms with E-state index in [1.165, 1.54) is 7.05 Å². The van der Waals surface area contributed by atoms with E-state index in [0.29, 0.717) is 22.4 Å². The van der Waals surface area contributed by atoms with Gasteiger partial charge >= 0.3 is 0 Å². The van der Waals surface area contributed by atoms with Crippen molar-refractivity contribution in [3.63, 3.8) is 0 Å². The molecule has 144 valence electrons. The number of imide groups is 1. The summed E-state index contributed by atoms with van der Waals surface area (Å²) in [5, 5.41) is 10.7. The number of amides is 3. The van der Waals surface area contributed by atoms with E-state index in [1.807, 2.05) is 31.2 Å². The van der Waals surface area contributed by atoms with E-state index in [9.17, 15) is 14.4 Å². The second kappa shape index (κ2) is 7.27. The molecule has 1 aliphatic heterocycles. The first-order chi connectivity index (χ1) is 13.9. The highest BCUT2D eigenvalue weighted by Crippen LogP contribution is 2.27. The lowest BCUT2D eigenvalue weighted by Gasteiger charge is -2.10. The van der Waals surface area contributed by atoms with Crippen LogP contribution in [-0.4, -0.2) is 39.9 Å². The number of carbonyl (C=O) groups is 3. The molecule has 0 saturated carbocycles. The molecule has 2 heterocycles. The summed E-state index contributed by atoms with van der Waals surface area (Å²) in [7, 11) is 1.45. The monoisotopic (exact) mass is 386 g/mol. The summed E-state index contributed by atoms with van der Waals surface area (Å²) >= 11 is 0. The van der Waals surface area contributed by atoms with Gasteiger partial charge in [0.05, 0.1) is 23.2 Å². The van der Waals surface area contributed by atoms with E-state index in [0.717, 1.165) is 21.7 Å². The summed E-state index contributed by atoms with van der Waals surface area (Å²) in [6, 6.07) is 14.4. The summed E-state index contributed by atoms with van der Waals surface area (Å²) in [4.78, 5) is 38.3. The van der Waals surface area contributed by atoms with Crippen LogP contribution in [0.5, 0.6) is 0 Å². The molecule has 7 heteroatoms. The Hall–Kier alpha value is -3.87. The quantitative estimate of drug-likeness (QED) is 0.696. The summed E-state index contributed by atoms with van der Waals surface area (Å²) < 4.78 is 0. The van der Waals surface area contributed by atoms with E-state index in [2.05, 4.69) is 15.5 Å². The lowest BCUT2D eigenvalue weighted by Crippen LogP contribution is -2.24. The third-order valence-electron chi connectivity index (χ3n) is 4.81. The van der Waals surface area contributed by atoms with Crippen LogP contribution in [-0.2, 0) is 11.2 Å². The number of aromatic nitrogens is 2. The van der Waals surface area contributed by atoms with Crippen LogP contribution in [0, 0.1) is 6.92 Å². The zero-order chi connectivity index (χ0) is 20.5. The van der Waals surface area contributed by atoms with Gasteiger partial charge in [0, 0.05) is 24.5 Å². The largest absolute Gasteiger partial charge is 0.326 e. The van der Waals surface area contributed by atoms with Gasteiger partial charge in [-0.25, -0.2) is 0 Å². The fourth-order valence-corrected chi connectivity index (χ4v) is 3.42. The van der Waals surface area contributed by atoms with Gasteiger partial charge in [-0.2, -0.15) is 10.2 Å². The molecule has 3 aromatic rings. The standard InChI is InChI=1S/C22H18N4O3/c1-13-10-15(20-17(11-13)21(28)26(2)22(20)29)12-19(27)24-16-7-5-14(6-8-16)18-4-3-9-23-25-18/h3-11H,12H2,1-2H3,(H,24,27). The van der Waals surface area contributed by atoms with Gasteiger partial charge in [-0.3, -0.25) is 19.3 Å². The Morgan fingerprint density at radius 1 is 1.07 bits per heavy atom. The van der Waals surface area contributed by atoms with Crippen LogP contribution in [0.4, 0.5) is 5.69 Å². The van der Waals surface area contributed by atoms with Crippen LogP contribution in [0.3, 0.4) is 0 Å². The predicted molar refractivity (Wildman–Crippen MR) is 107 cm³/mol. The maximum Gasteiger partial charge on any atom is 0.261 e. The van der Waals surface area contributed by atoms with Gasteiger partial charge in [-0.05, 0) is 48.4 Å². The number of nitrogens with zero attached hydrogens (tertiary/aromatic N) is 3. The third kappa shape index (κ3) is 3.50. The zero-order valence-electron chi connectivity index (χ0n) is 16.0. The van der Waals surface area contributed by atoms with Crippen LogP contribution < -0.4 is 5.32 Å². The van der Waals surface area contributed by atoms with Gasteiger partial charge in [0.2, 0.25) is 5.91 Å². The Kier molecular flexibility index (Phi) is 4.64. The number of hydrogen-bond donors (Lipinski definition) is 1. The summed E-state index contributed by atoms with van der Waals surface area (Å²) in [6.45, 7) is 1.84. The highest BCUT2D eigenvalue weighted by molar-refractivity contribution is 6.22. The molecule has 7 nitrogen and oxygen atoms in total. The van der Waals surface area contributed by atoms with Gasteiger partial charge in [0.1, 0.15) is 0 Å². The van der Waals surface area contributed by atoms with Crippen LogP contribution in [0.2, 0.25) is 0 Å². The molecule has 0 atom stereocenters. The van der Waals surface area contributed by atoms with Crippen molar-refractivity contribution in [3.8, 4) is 11.3 Å². The molecular formula is C22H18N4O3. The zero-order valence-corrected chi connectivity index (χ0v) is 16.0. The molecule has 0 bridgehead atoms. The Balaban J connectivity index is 1.52. The molecule has 4 rings (SSSR count). The van der Waals surface area contributed by atoms with Crippen molar-refractivity contribution in [2.45, 2.75) is 13.3 Å². The molecule has 1 N–H and O–H groups in total. The number of benzene rings is 2. The first-order valence-corrected chi connectivity index (χ1v) is 9.08. The van der Waals surface area contributed by atoms with E-state index >= 15 is 0 Å². The highest BCUT2D eigenvalue weighted by Gasteiger charge is 2.35. The van der Waals surface area contributed by atoms with Gasteiger partial charge in [0.15, 0.2) is 0 Å². The molecule has 1 aromatic heterocycles. The van der Waals surface area contributed by atoms with Crippen molar-refractivity contribution in [1.29, 1.82) is 0 Å². The van der Waals surface area contributed by atoms with E-state index in [-0.39, 0.29) is 24.1 Å². The maximum atomic E-state index is 12.6. The third-order valence-corrected chi connectivity index (χ3v) is 4.81. The normalized spacial score (nSPS) is 12.8. The van der Waals surface area contributed by atoms with Crippen LogP contribution in [0.15, 0.2) is 54.7 Å². The van der Waals surface area contributed by atoms with Crippen molar-refractivity contribution >= 4 is 23.4 Å². The van der Waals surface area contributed by atoms with Gasteiger partial charge in [0.25, 0.3) is 11.8 Å². The molecule has 2 aromatic carbocycles. The second-order valence-corrected chi connectivity index (χ2v) is 6.93. The number of hydrogen-bond acceptors (Lipinski definition) is 5. The highest BCUT2D eigenvalue weighted by atomic mass is 16.2. The van der Waals surface area contributed by atoms with Crippen LogP contribution in [0.1, 0.15) is 31.8 Å². The number of nitrogens with one attached hydrogen (secondary N) is 1. The number of carbonyl (C=O) groups excluding carboxylic acids is 3. The molecule has 0 fully saturated rings. The molecule has 0 aliphatic carbocycles. The Morgan fingerprint density at radius 3 is 2.52 bits per heavy atom. The first-order valence-electron chi connectivity index (χ1n) is 9.08. The maximum absolute atomic E-state index is 12.6. The van der Waals surface area contributed by atoms with Gasteiger partial charge in [-0.15, -0.1) is 0 Å². The van der Waals surface area contributed by atoms with Gasteiger partial charge in [-0.1, -0.05) is 18.2 Å². The minimum absolute atomic E-state index is 0.00276. The van der Waals surface area contributed by atoms with E-state index in [4.69, 9.17) is 0 Å². The molecule has 0 saturated heterocycles. The van der Waals surface area contributed by atoms with Crippen molar-refractivity contribution in [2.24, 2.45) is 0 Å². The SMILES string of the molecule is Cc1cc(CC(=O)Nc2ccc(-c3cccnn3)cc2)c2c(c1)C(=O)N(C)C2=O. The lowest BCUT2D eigenvalue weighted by molar-refractivity contribution is -0.115. The molecule has 29 heavy (non-hydrogen) atoms. The van der Waals surface area contributed by atoms with Gasteiger partial charge < -0.3 is 5.32 Å². The van der Waals surface area contributed by atoms with Crippen LogP contribution >= 0.6 is 0 Å². The second-order valence-electron chi connectivity index (χ2n) is 6.93. The number of rotatable bonds is 4. The fourth-order valence-electron chi connectivity index (χ4n) is 3.42. The topological polar surface area (TPSA) is 92.3 Å². The average Bonchev–Trinajstić information content (AvgIpc) is 2.93. The average molecular weight is 386 g/mol. The summed E-state index contributed by atoms with van der Waals surface area (Å²) in [6.07, 6.45) is 1.61. The van der Waals surface area contributed by atoms with Crippen LogP contribution in [0.25, 0.3) is 11.3 Å². The van der Waals surface area contributed by atoms with Crippen molar-refractivity contribution < 1.29 is 14.4 Å². The number of anilines is 1. The van der Waals surface area contributed by atoms with Crippen molar-refractivity contribution in [2.75, 3.05) is 12.4 Å². The Bertz CT molecular complexity index is 1120. The minimum Gasteiger partial charge on any atom is -0.326 e. The fraction of sp³-hybridized carbons (Fsp3) is 0.136. The van der Waals surface area contributed by atoms with Crippen molar-refractivity contribution in [1.82, 2.24) is 15.1 Å². The lowest BCUT2D eigenvalue weighted by atomic mass is 9.97.